The number of rotatable bonds is 2. The van der Waals surface area contributed by atoms with E-state index in [2.05, 4.69) is 0 Å². The monoisotopic (exact) mass is 196 g/mol. The summed E-state index contributed by atoms with van der Waals surface area (Å²) in [5.41, 5.74) is -0.366. The molecule has 0 radical (unpaired) electrons. The number of fused-ring (bicyclic) bond motifs is 2. The standard InChI is InChI=1S/C12H20O2/c13-12(6-9-2-1-3-9)7-10-4-5-11(8-12)14-10/h9-11,13H,1-8H2. The molecule has 0 aromatic carbocycles. The van der Waals surface area contributed by atoms with E-state index in [-0.39, 0.29) is 5.60 Å². The summed E-state index contributed by atoms with van der Waals surface area (Å²) in [6.45, 7) is 0. The van der Waals surface area contributed by atoms with Crippen LogP contribution in [0.1, 0.15) is 51.4 Å². The van der Waals surface area contributed by atoms with Crippen LogP contribution in [0.3, 0.4) is 0 Å². The normalized spacial score (nSPS) is 47.8. The van der Waals surface area contributed by atoms with Gasteiger partial charge in [-0.15, -0.1) is 0 Å². The van der Waals surface area contributed by atoms with Gasteiger partial charge < -0.3 is 9.84 Å². The molecule has 2 unspecified atom stereocenters. The molecule has 2 atom stereocenters. The molecular formula is C12H20O2. The number of aliphatic hydroxyl groups is 1. The highest BCUT2D eigenvalue weighted by Crippen LogP contribution is 2.44. The minimum Gasteiger partial charge on any atom is -0.390 e. The number of ether oxygens (including phenoxy) is 1. The summed E-state index contributed by atoms with van der Waals surface area (Å²) in [4.78, 5) is 0. The minimum absolute atomic E-state index is 0.366. The van der Waals surface area contributed by atoms with E-state index in [1.54, 1.807) is 0 Å². The summed E-state index contributed by atoms with van der Waals surface area (Å²) in [7, 11) is 0. The van der Waals surface area contributed by atoms with Crippen LogP contribution in [0.2, 0.25) is 0 Å². The molecular weight excluding hydrogens is 176 g/mol. The Morgan fingerprint density at radius 3 is 2.21 bits per heavy atom. The largest absolute Gasteiger partial charge is 0.390 e. The van der Waals surface area contributed by atoms with E-state index in [9.17, 15) is 5.11 Å². The molecule has 0 spiro atoms. The maximum Gasteiger partial charge on any atom is 0.0699 e. The van der Waals surface area contributed by atoms with Gasteiger partial charge in [0.1, 0.15) is 0 Å². The molecule has 3 rings (SSSR count). The second-order valence-corrected chi connectivity index (χ2v) is 5.59. The molecule has 2 bridgehead atoms. The lowest BCUT2D eigenvalue weighted by Gasteiger charge is -2.40. The number of hydrogen-bond acceptors (Lipinski definition) is 2. The molecule has 0 aromatic rings. The Hall–Kier alpha value is -0.0800. The van der Waals surface area contributed by atoms with E-state index in [4.69, 9.17) is 4.74 Å². The molecule has 2 aliphatic heterocycles. The van der Waals surface area contributed by atoms with Gasteiger partial charge in [0, 0.05) is 12.8 Å². The fourth-order valence-corrected chi connectivity index (χ4v) is 3.41. The first kappa shape index (κ1) is 9.17. The molecule has 1 saturated carbocycles. The van der Waals surface area contributed by atoms with Crippen molar-refractivity contribution in [3.8, 4) is 0 Å². The summed E-state index contributed by atoms with van der Waals surface area (Å²) in [5, 5.41) is 10.5. The van der Waals surface area contributed by atoms with E-state index in [0.717, 1.165) is 25.2 Å². The second-order valence-electron chi connectivity index (χ2n) is 5.59. The van der Waals surface area contributed by atoms with Gasteiger partial charge >= 0.3 is 0 Å². The zero-order valence-electron chi connectivity index (χ0n) is 8.74. The van der Waals surface area contributed by atoms with Gasteiger partial charge in [-0.05, 0) is 25.2 Å². The van der Waals surface area contributed by atoms with Crippen LogP contribution < -0.4 is 0 Å². The molecule has 80 valence electrons. The van der Waals surface area contributed by atoms with Gasteiger partial charge in [-0.3, -0.25) is 0 Å². The van der Waals surface area contributed by atoms with Gasteiger partial charge in [-0.1, -0.05) is 19.3 Å². The van der Waals surface area contributed by atoms with Gasteiger partial charge in [0.05, 0.1) is 17.8 Å². The Morgan fingerprint density at radius 1 is 1.07 bits per heavy atom. The van der Waals surface area contributed by atoms with E-state index < -0.39 is 0 Å². The van der Waals surface area contributed by atoms with Crippen LogP contribution in [0, 0.1) is 5.92 Å². The van der Waals surface area contributed by atoms with Gasteiger partial charge in [0.2, 0.25) is 0 Å². The first-order valence-corrected chi connectivity index (χ1v) is 6.11. The summed E-state index contributed by atoms with van der Waals surface area (Å²) in [6.07, 6.45) is 10.0. The SMILES string of the molecule is OC1(CC2CCC2)CC2CCC(C1)O2. The molecule has 3 fully saturated rings. The Morgan fingerprint density at radius 2 is 1.71 bits per heavy atom. The lowest BCUT2D eigenvalue weighted by Crippen LogP contribution is -2.43. The van der Waals surface area contributed by atoms with Gasteiger partial charge in [0.25, 0.3) is 0 Å². The van der Waals surface area contributed by atoms with Crippen molar-refractivity contribution in [3.05, 3.63) is 0 Å². The van der Waals surface area contributed by atoms with Crippen LogP contribution in [-0.2, 0) is 4.74 Å². The molecule has 0 amide bonds. The van der Waals surface area contributed by atoms with E-state index in [0.29, 0.717) is 12.2 Å². The molecule has 14 heavy (non-hydrogen) atoms. The van der Waals surface area contributed by atoms with Crippen LogP contribution in [0.4, 0.5) is 0 Å². The highest BCUT2D eigenvalue weighted by Gasteiger charge is 2.44. The lowest BCUT2D eigenvalue weighted by atomic mass is 9.74. The van der Waals surface area contributed by atoms with Crippen molar-refractivity contribution in [1.82, 2.24) is 0 Å². The van der Waals surface area contributed by atoms with E-state index in [1.807, 2.05) is 0 Å². The Kier molecular flexibility index (Phi) is 2.10. The molecule has 2 saturated heterocycles. The average molecular weight is 196 g/mol. The van der Waals surface area contributed by atoms with Crippen LogP contribution >= 0.6 is 0 Å². The third kappa shape index (κ3) is 1.59. The Balaban J connectivity index is 1.64. The van der Waals surface area contributed by atoms with Crippen molar-refractivity contribution in [1.29, 1.82) is 0 Å². The molecule has 3 aliphatic rings. The van der Waals surface area contributed by atoms with Crippen LogP contribution in [0.25, 0.3) is 0 Å². The van der Waals surface area contributed by atoms with E-state index in [1.165, 1.54) is 32.1 Å². The van der Waals surface area contributed by atoms with Gasteiger partial charge in [0.15, 0.2) is 0 Å². The fourth-order valence-electron chi connectivity index (χ4n) is 3.41. The second kappa shape index (κ2) is 3.21. The maximum absolute atomic E-state index is 10.5. The topological polar surface area (TPSA) is 29.5 Å². The summed E-state index contributed by atoms with van der Waals surface area (Å²) in [6, 6.07) is 0. The van der Waals surface area contributed by atoms with Crippen molar-refractivity contribution < 1.29 is 9.84 Å². The van der Waals surface area contributed by atoms with Crippen molar-refractivity contribution in [2.45, 2.75) is 69.2 Å². The maximum atomic E-state index is 10.5. The third-order valence-electron chi connectivity index (χ3n) is 4.30. The van der Waals surface area contributed by atoms with Crippen molar-refractivity contribution in [2.24, 2.45) is 5.92 Å². The van der Waals surface area contributed by atoms with Crippen LogP contribution in [0.5, 0.6) is 0 Å². The number of hydrogen-bond donors (Lipinski definition) is 1. The van der Waals surface area contributed by atoms with Crippen LogP contribution in [-0.4, -0.2) is 22.9 Å². The molecule has 2 heterocycles. The molecule has 1 N–H and O–H groups in total. The summed E-state index contributed by atoms with van der Waals surface area (Å²) < 4.78 is 5.77. The van der Waals surface area contributed by atoms with Crippen molar-refractivity contribution >= 4 is 0 Å². The predicted molar refractivity (Wildman–Crippen MR) is 54.0 cm³/mol. The fraction of sp³-hybridized carbons (Fsp3) is 1.00. The van der Waals surface area contributed by atoms with Crippen LogP contribution in [0.15, 0.2) is 0 Å². The lowest BCUT2D eigenvalue weighted by molar-refractivity contribution is -0.123. The van der Waals surface area contributed by atoms with Crippen molar-refractivity contribution in [3.63, 3.8) is 0 Å². The smallest absolute Gasteiger partial charge is 0.0699 e. The predicted octanol–water partition coefficient (Wildman–Crippen LogP) is 2.25. The highest BCUT2D eigenvalue weighted by molar-refractivity contribution is 4.96. The summed E-state index contributed by atoms with van der Waals surface area (Å²) >= 11 is 0. The molecule has 2 nitrogen and oxygen atoms in total. The zero-order valence-corrected chi connectivity index (χ0v) is 8.74. The molecule has 1 aliphatic carbocycles. The van der Waals surface area contributed by atoms with Gasteiger partial charge in [-0.2, -0.15) is 0 Å². The average Bonchev–Trinajstić information content (AvgIpc) is 2.40. The molecule has 2 heteroatoms. The quantitative estimate of drug-likeness (QED) is 0.734. The highest BCUT2D eigenvalue weighted by atomic mass is 16.5. The summed E-state index contributed by atoms with van der Waals surface area (Å²) in [5.74, 6) is 0.817. The zero-order chi connectivity index (χ0) is 9.60. The minimum atomic E-state index is -0.366. The van der Waals surface area contributed by atoms with Crippen molar-refractivity contribution in [2.75, 3.05) is 0 Å². The Labute approximate surface area is 85.6 Å². The van der Waals surface area contributed by atoms with Gasteiger partial charge in [-0.25, -0.2) is 0 Å². The van der Waals surface area contributed by atoms with E-state index >= 15 is 0 Å². The Bertz CT molecular complexity index is 210. The third-order valence-corrected chi connectivity index (χ3v) is 4.30. The first-order chi connectivity index (χ1) is 6.73. The first-order valence-electron chi connectivity index (χ1n) is 6.11. The molecule has 0 aromatic heterocycles.